The number of hydrogen-bond acceptors (Lipinski definition) is 3. The molecule has 2 N–H and O–H groups in total. The van der Waals surface area contributed by atoms with Gasteiger partial charge in [0.25, 0.3) is 0 Å². The van der Waals surface area contributed by atoms with E-state index in [2.05, 4.69) is 28.2 Å². The van der Waals surface area contributed by atoms with Gasteiger partial charge in [0.2, 0.25) is 0 Å². The van der Waals surface area contributed by atoms with Crippen molar-refractivity contribution in [2.24, 2.45) is 0 Å². The number of ether oxygens (including phenoxy) is 1. The summed E-state index contributed by atoms with van der Waals surface area (Å²) < 4.78 is 5.91. The molecule has 1 aromatic rings. The van der Waals surface area contributed by atoms with Gasteiger partial charge in [0.15, 0.2) is 0 Å². The van der Waals surface area contributed by atoms with Crippen molar-refractivity contribution >= 4 is 0 Å². The van der Waals surface area contributed by atoms with Gasteiger partial charge in [-0.15, -0.1) is 0 Å². The lowest BCUT2D eigenvalue weighted by Gasteiger charge is -2.36. The molecule has 0 aromatic carbocycles. The van der Waals surface area contributed by atoms with Crippen molar-refractivity contribution in [2.75, 3.05) is 33.3 Å². The molecule has 1 saturated heterocycles. The van der Waals surface area contributed by atoms with Crippen molar-refractivity contribution in [3.05, 3.63) is 24.0 Å². The Bertz CT molecular complexity index is 310. The molecule has 2 atom stereocenters. The summed E-state index contributed by atoms with van der Waals surface area (Å²) in [5, 5.41) is 3.35. The van der Waals surface area contributed by atoms with Crippen molar-refractivity contribution in [1.29, 1.82) is 0 Å². The van der Waals surface area contributed by atoms with Gasteiger partial charge in [0.05, 0.1) is 18.8 Å². The Morgan fingerprint density at radius 1 is 1.65 bits per heavy atom. The number of H-pyrrole nitrogens is 1. The maximum Gasteiger partial charge on any atom is 0.0911 e. The summed E-state index contributed by atoms with van der Waals surface area (Å²) in [6.45, 7) is 6.30. The molecule has 0 aliphatic carbocycles. The van der Waals surface area contributed by atoms with Crippen LogP contribution in [-0.4, -0.2) is 49.3 Å². The zero-order chi connectivity index (χ0) is 12.1. The Hall–Kier alpha value is -0.840. The monoisotopic (exact) mass is 237 g/mol. The number of rotatable bonds is 5. The molecule has 2 heterocycles. The van der Waals surface area contributed by atoms with E-state index in [0.717, 1.165) is 19.7 Å². The van der Waals surface area contributed by atoms with E-state index in [1.165, 1.54) is 18.7 Å². The van der Waals surface area contributed by atoms with Crippen LogP contribution in [0.4, 0.5) is 0 Å². The molecule has 0 radical (unpaired) electrons. The smallest absolute Gasteiger partial charge is 0.0911 e. The number of aromatic nitrogens is 1. The van der Waals surface area contributed by atoms with Crippen LogP contribution in [0.3, 0.4) is 0 Å². The number of hydrogen-bond donors (Lipinski definition) is 2. The molecule has 4 nitrogen and oxygen atoms in total. The van der Waals surface area contributed by atoms with Crippen molar-refractivity contribution in [1.82, 2.24) is 15.2 Å². The SMILES string of the molecule is CCCN1CCOC(C(NC)c2ccc[nH]2)C1. The van der Waals surface area contributed by atoms with E-state index in [-0.39, 0.29) is 12.1 Å². The fourth-order valence-electron chi connectivity index (χ4n) is 2.53. The van der Waals surface area contributed by atoms with E-state index in [1.54, 1.807) is 0 Å². The highest BCUT2D eigenvalue weighted by molar-refractivity contribution is 5.11. The highest BCUT2D eigenvalue weighted by Crippen LogP contribution is 2.20. The predicted molar refractivity (Wildman–Crippen MR) is 69.1 cm³/mol. The second kappa shape index (κ2) is 6.19. The molecule has 17 heavy (non-hydrogen) atoms. The van der Waals surface area contributed by atoms with Crippen molar-refractivity contribution in [3.8, 4) is 0 Å². The van der Waals surface area contributed by atoms with Gasteiger partial charge in [-0.2, -0.15) is 0 Å². The summed E-state index contributed by atoms with van der Waals surface area (Å²) in [6, 6.07) is 4.40. The van der Waals surface area contributed by atoms with Crippen LogP contribution in [0.25, 0.3) is 0 Å². The van der Waals surface area contributed by atoms with Crippen molar-refractivity contribution in [3.63, 3.8) is 0 Å². The van der Waals surface area contributed by atoms with Crippen LogP contribution in [0.5, 0.6) is 0 Å². The molecule has 4 heteroatoms. The molecular formula is C13H23N3O. The second-order valence-electron chi connectivity index (χ2n) is 4.60. The molecule has 0 amide bonds. The minimum atomic E-state index is 0.235. The van der Waals surface area contributed by atoms with Gasteiger partial charge in [-0.05, 0) is 32.1 Å². The molecule has 1 aliphatic heterocycles. The number of likely N-dealkylation sites (N-methyl/N-ethyl adjacent to an activating group) is 1. The van der Waals surface area contributed by atoms with Crippen LogP contribution >= 0.6 is 0 Å². The molecular weight excluding hydrogens is 214 g/mol. The van der Waals surface area contributed by atoms with Crippen LogP contribution < -0.4 is 5.32 Å². The quantitative estimate of drug-likeness (QED) is 0.813. The molecule has 0 spiro atoms. The van der Waals surface area contributed by atoms with Crippen LogP contribution in [0.15, 0.2) is 18.3 Å². The van der Waals surface area contributed by atoms with Gasteiger partial charge in [-0.1, -0.05) is 6.92 Å². The van der Waals surface area contributed by atoms with Gasteiger partial charge < -0.3 is 15.0 Å². The van der Waals surface area contributed by atoms with Gasteiger partial charge in [-0.3, -0.25) is 4.90 Å². The van der Waals surface area contributed by atoms with E-state index in [9.17, 15) is 0 Å². The minimum absolute atomic E-state index is 0.235. The first-order valence-corrected chi connectivity index (χ1v) is 6.49. The van der Waals surface area contributed by atoms with E-state index in [1.807, 2.05) is 19.3 Å². The Morgan fingerprint density at radius 3 is 3.18 bits per heavy atom. The van der Waals surface area contributed by atoms with E-state index >= 15 is 0 Å². The normalized spacial score (nSPS) is 23.8. The third-order valence-corrected chi connectivity index (χ3v) is 3.36. The second-order valence-corrected chi connectivity index (χ2v) is 4.60. The maximum absolute atomic E-state index is 5.91. The lowest BCUT2D eigenvalue weighted by molar-refractivity contribution is -0.0464. The average Bonchev–Trinajstić information content (AvgIpc) is 2.85. The third kappa shape index (κ3) is 3.09. The first-order chi connectivity index (χ1) is 8.35. The topological polar surface area (TPSA) is 40.3 Å². The van der Waals surface area contributed by atoms with Crippen LogP contribution in [0.2, 0.25) is 0 Å². The summed E-state index contributed by atoms with van der Waals surface area (Å²) in [4.78, 5) is 5.76. The number of nitrogens with zero attached hydrogens (tertiary/aromatic N) is 1. The maximum atomic E-state index is 5.91. The third-order valence-electron chi connectivity index (χ3n) is 3.36. The molecule has 2 unspecified atom stereocenters. The fourth-order valence-corrected chi connectivity index (χ4v) is 2.53. The Balaban J connectivity index is 1.99. The Labute approximate surface area is 103 Å². The van der Waals surface area contributed by atoms with Crippen molar-refractivity contribution in [2.45, 2.75) is 25.5 Å². The zero-order valence-corrected chi connectivity index (χ0v) is 10.8. The highest BCUT2D eigenvalue weighted by Gasteiger charge is 2.28. The van der Waals surface area contributed by atoms with Gasteiger partial charge >= 0.3 is 0 Å². The molecule has 1 aromatic heterocycles. The largest absolute Gasteiger partial charge is 0.374 e. The molecule has 1 fully saturated rings. The lowest BCUT2D eigenvalue weighted by atomic mass is 10.1. The standard InChI is InChI=1S/C13H23N3O/c1-3-7-16-8-9-17-12(10-16)13(14-2)11-5-4-6-15-11/h4-6,12-15H,3,7-10H2,1-2H3. The van der Waals surface area contributed by atoms with Gasteiger partial charge in [0, 0.05) is 25.0 Å². The number of aromatic amines is 1. The summed E-state index contributed by atoms with van der Waals surface area (Å²) >= 11 is 0. The Morgan fingerprint density at radius 2 is 2.53 bits per heavy atom. The predicted octanol–water partition coefficient (Wildman–Crippen LogP) is 1.39. The number of nitrogens with one attached hydrogen (secondary N) is 2. The molecule has 2 rings (SSSR count). The van der Waals surface area contributed by atoms with Crippen LogP contribution in [0.1, 0.15) is 25.1 Å². The minimum Gasteiger partial charge on any atom is -0.374 e. The first kappa shape index (κ1) is 12.6. The van der Waals surface area contributed by atoms with Crippen molar-refractivity contribution < 1.29 is 4.74 Å². The lowest BCUT2D eigenvalue weighted by Crippen LogP contribution is -2.47. The van der Waals surface area contributed by atoms with Gasteiger partial charge in [-0.25, -0.2) is 0 Å². The van der Waals surface area contributed by atoms with E-state index in [0.29, 0.717) is 0 Å². The van der Waals surface area contributed by atoms with E-state index < -0.39 is 0 Å². The average molecular weight is 237 g/mol. The van der Waals surface area contributed by atoms with Crippen LogP contribution in [-0.2, 0) is 4.74 Å². The Kier molecular flexibility index (Phi) is 4.59. The summed E-state index contributed by atoms with van der Waals surface area (Å²) in [5.41, 5.74) is 1.20. The summed E-state index contributed by atoms with van der Waals surface area (Å²) in [6.07, 6.45) is 3.41. The summed E-state index contributed by atoms with van der Waals surface area (Å²) in [5.74, 6) is 0. The molecule has 0 bridgehead atoms. The van der Waals surface area contributed by atoms with E-state index in [4.69, 9.17) is 4.74 Å². The molecule has 0 saturated carbocycles. The first-order valence-electron chi connectivity index (χ1n) is 6.49. The zero-order valence-electron chi connectivity index (χ0n) is 10.8. The van der Waals surface area contributed by atoms with Gasteiger partial charge in [0.1, 0.15) is 0 Å². The highest BCUT2D eigenvalue weighted by atomic mass is 16.5. The summed E-state index contributed by atoms with van der Waals surface area (Å²) in [7, 11) is 1.99. The number of morpholine rings is 1. The molecule has 1 aliphatic rings. The fraction of sp³-hybridized carbons (Fsp3) is 0.692. The van der Waals surface area contributed by atoms with Crippen LogP contribution in [0, 0.1) is 0 Å². The molecule has 96 valence electrons.